The van der Waals surface area contributed by atoms with Crippen molar-refractivity contribution in [2.45, 2.75) is 38.8 Å². The molecule has 3 aliphatic rings. The molecule has 1 saturated heterocycles. The molecule has 1 aliphatic carbocycles. The molecule has 30 heavy (non-hydrogen) atoms. The van der Waals surface area contributed by atoms with Gasteiger partial charge in [-0.2, -0.15) is 0 Å². The summed E-state index contributed by atoms with van der Waals surface area (Å²) in [7, 11) is 0. The minimum absolute atomic E-state index is 0.157. The van der Waals surface area contributed by atoms with E-state index < -0.39 is 0 Å². The van der Waals surface area contributed by atoms with Crippen molar-refractivity contribution in [3.63, 3.8) is 0 Å². The number of carbonyl (C=O) groups is 1. The van der Waals surface area contributed by atoms with Crippen LogP contribution in [-0.2, 0) is 6.54 Å². The largest absolute Gasteiger partial charge is 0.454 e. The van der Waals surface area contributed by atoms with Crippen LogP contribution in [0.5, 0.6) is 11.5 Å². The number of fused-ring (bicyclic) bond motifs is 4. The molecule has 154 valence electrons. The van der Waals surface area contributed by atoms with Crippen LogP contribution >= 0.6 is 11.3 Å². The average Bonchev–Trinajstić information content (AvgIpc) is 3.55. The van der Waals surface area contributed by atoms with Crippen LogP contribution in [0.15, 0.2) is 24.5 Å². The Morgan fingerprint density at radius 1 is 1.27 bits per heavy atom. The quantitative estimate of drug-likeness (QED) is 0.686. The fourth-order valence-electron chi connectivity index (χ4n) is 4.95. The van der Waals surface area contributed by atoms with Crippen LogP contribution in [0, 0.1) is 12.8 Å². The first-order chi connectivity index (χ1) is 14.7. The third-order valence-corrected chi connectivity index (χ3v) is 7.68. The standard InChI is InChI=1S/C22H22N4O3S/c1-12-18-20(23-8-13-3-5-16-17(7-13)29-11-28-16)24-10-25-21(18)30-19(12)22(27)26-9-14-2-4-15(26)6-14/h3,5,7,10,14-15H,2,4,6,8-9,11H2,1H3,(H,23,24,25)/t14-,15+/m0/s1. The zero-order valence-corrected chi connectivity index (χ0v) is 17.5. The van der Waals surface area contributed by atoms with Gasteiger partial charge in [0.15, 0.2) is 11.5 Å². The highest BCUT2D eigenvalue weighted by atomic mass is 32.1. The zero-order chi connectivity index (χ0) is 20.2. The number of rotatable bonds is 4. The van der Waals surface area contributed by atoms with Gasteiger partial charge in [0.1, 0.15) is 17.0 Å². The molecule has 2 fully saturated rings. The lowest BCUT2D eigenvalue weighted by Gasteiger charge is -2.26. The molecule has 2 aromatic heterocycles. The summed E-state index contributed by atoms with van der Waals surface area (Å²) in [4.78, 5) is 25.9. The summed E-state index contributed by atoms with van der Waals surface area (Å²) < 4.78 is 10.8. The molecule has 1 aromatic carbocycles. The Bertz CT molecular complexity index is 1160. The smallest absolute Gasteiger partial charge is 0.264 e. The maximum absolute atomic E-state index is 13.3. The molecule has 1 amide bonds. The van der Waals surface area contributed by atoms with Crippen LogP contribution in [0.4, 0.5) is 5.82 Å². The van der Waals surface area contributed by atoms with Gasteiger partial charge in [-0.15, -0.1) is 11.3 Å². The van der Waals surface area contributed by atoms with Gasteiger partial charge in [-0.25, -0.2) is 9.97 Å². The van der Waals surface area contributed by atoms with E-state index in [0.717, 1.165) is 62.9 Å². The predicted molar refractivity (Wildman–Crippen MR) is 114 cm³/mol. The van der Waals surface area contributed by atoms with Gasteiger partial charge in [0.2, 0.25) is 6.79 Å². The fourth-order valence-corrected chi connectivity index (χ4v) is 6.05. The number of hydrogen-bond acceptors (Lipinski definition) is 7. The molecule has 1 saturated carbocycles. The topological polar surface area (TPSA) is 76.6 Å². The van der Waals surface area contributed by atoms with E-state index in [1.54, 1.807) is 6.33 Å². The monoisotopic (exact) mass is 422 g/mol. The number of amides is 1. The number of piperidine rings is 1. The molecule has 3 aromatic rings. The van der Waals surface area contributed by atoms with Crippen molar-refractivity contribution in [3.8, 4) is 11.5 Å². The summed E-state index contributed by atoms with van der Waals surface area (Å²) in [6.07, 6.45) is 5.13. The van der Waals surface area contributed by atoms with Crippen LogP contribution in [0.2, 0.25) is 0 Å². The number of anilines is 1. The van der Waals surface area contributed by atoms with Crippen LogP contribution in [0.25, 0.3) is 10.2 Å². The van der Waals surface area contributed by atoms with E-state index in [0.29, 0.717) is 18.5 Å². The van der Waals surface area contributed by atoms with Gasteiger partial charge in [0, 0.05) is 19.1 Å². The molecule has 2 aliphatic heterocycles. The summed E-state index contributed by atoms with van der Waals surface area (Å²) in [5.74, 6) is 3.14. The van der Waals surface area contributed by atoms with E-state index in [2.05, 4.69) is 20.2 Å². The molecule has 0 radical (unpaired) electrons. The van der Waals surface area contributed by atoms with E-state index in [-0.39, 0.29) is 12.7 Å². The molecular weight excluding hydrogens is 400 g/mol. The summed E-state index contributed by atoms with van der Waals surface area (Å²) in [6.45, 7) is 3.77. The van der Waals surface area contributed by atoms with E-state index in [9.17, 15) is 4.79 Å². The Morgan fingerprint density at radius 2 is 2.17 bits per heavy atom. The molecule has 8 heteroatoms. The van der Waals surface area contributed by atoms with Crippen LogP contribution < -0.4 is 14.8 Å². The van der Waals surface area contributed by atoms with E-state index >= 15 is 0 Å². The van der Waals surface area contributed by atoms with E-state index in [1.807, 2.05) is 25.1 Å². The summed E-state index contributed by atoms with van der Waals surface area (Å²) in [6, 6.07) is 6.33. The van der Waals surface area contributed by atoms with Crippen molar-refractivity contribution in [1.82, 2.24) is 14.9 Å². The number of aryl methyl sites for hydroxylation is 1. The predicted octanol–water partition coefficient (Wildman–Crippen LogP) is 3.97. The van der Waals surface area contributed by atoms with Crippen molar-refractivity contribution >= 4 is 33.3 Å². The first-order valence-corrected chi connectivity index (χ1v) is 11.2. The minimum Gasteiger partial charge on any atom is -0.454 e. The van der Waals surface area contributed by atoms with Gasteiger partial charge in [-0.05, 0) is 55.4 Å². The third kappa shape index (κ3) is 2.81. The third-order valence-electron chi connectivity index (χ3n) is 6.49. The number of thiophene rings is 1. The molecule has 7 nitrogen and oxygen atoms in total. The first-order valence-electron chi connectivity index (χ1n) is 10.3. The van der Waals surface area contributed by atoms with Gasteiger partial charge < -0.3 is 19.7 Å². The summed E-state index contributed by atoms with van der Waals surface area (Å²) in [5, 5.41) is 4.36. The second-order valence-electron chi connectivity index (χ2n) is 8.29. The lowest BCUT2D eigenvalue weighted by atomic mass is 10.1. The van der Waals surface area contributed by atoms with E-state index in [1.165, 1.54) is 17.8 Å². The maximum atomic E-state index is 13.3. The molecule has 2 bridgehead atoms. The Labute approximate surface area is 178 Å². The van der Waals surface area contributed by atoms with Crippen molar-refractivity contribution < 1.29 is 14.3 Å². The Kier molecular flexibility index (Phi) is 4.09. The minimum atomic E-state index is 0.157. The van der Waals surface area contributed by atoms with Crippen molar-refractivity contribution in [2.24, 2.45) is 5.92 Å². The van der Waals surface area contributed by atoms with Crippen molar-refractivity contribution in [1.29, 1.82) is 0 Å². The number of likely N-dealkylation sites (tertiary alicyclic amines) is 1. The SMILES string of the molecule is Cc1c(C(=O)N2C[C@H]3CC[C@@H]2C3)sc2ncnc(NCc3ccc4c(c3)OCO4)c12. The molecule has 1 N–H and O–H groups in total. The number of benzene rings is 1. The number of nitrogens with zero attached hydrogens (tertiary/aromatic N) is 3. The van der Waals surface area contributed by atoms with Gasteiger partial charge in [-0.1, -0.05) is 6.07 Å². The molecule has 4 heterocycles. The van der Waals surface area contributed by atoms with Crippen LogP contribution in [-0.4, -0.2) is 40.2 Å². The number of hydrogen-bond donors (Lipinski definition) is 1. The second-order valence-corrected chi connectivity index (χ2v) is 9.29. The van der Waals surface area contributed by atoms with Crippen LogP contribution in [0.1, 0.15) is 40.1 Å². The molecule has 2 atom stereocenters. The molecular formula is C22H22N4O3S. The fraction of sp³-hybridized carbons (Fsp3) is 0.409. The molecule has 0 unspecified atom stereocenters. The Morgan fingerprint density at radius 3 is 3.00 bits per heavy atom. The highest BCUT2D eigenvalue weighted by Crippen LogP contribution is 2.41. The van der Waals surface area contributed by atoms with Gasteiger partial charge in [-0.3, -0.25) is 4.79 Å². The molecule has 0 spiro atoms. The van der Waals surface area contributed by atoms with Gasteiger partial charge in [0.25, 0.3) is 5.91 Å². The first kappa shape index (κ1) is 17.9. The molecule has 6 rings (SSSR count). The van der Waals surface area contributed by atoms with Crippen LogP contribution in [0.3, 0.4) is 0 Å². The number of carbonyl (C=O) groups excluding carboxylic acids is 1. The summed E-state index contributed by atoms with van der Waals surface area (Å²) >= 11 is 1.48. The lowest BCUT2D eigenvalue weighted by Crippen LogP contribution is -2.37. The Balaban J connectivity index is 1.28. The maximum Gasteiger partial charge on any atom is 0.264 e. The highest BCUT2D eigenvalue weighted by Gasteiger charge is 2.41. The lowest BCUT2D eigenvalue weighted by molar-refractivity contribution is 0.0708. The normalized spacial score (nSPS) is 21.6. The van der Waals surface area contributed by atoms with E-state index in [4.69, 9.17) is 9.47 Å². The highest BCUT2D eigenvalue weighted by molar-refractivity contribution is 7.20. The summed E-state index contributed by atoms with van der Waals surface area (Å²) in [5.41, 5.74) is 2.04. The number of ether oxygens (including phenoxy) is 2. The van der Waals surface area contributed by atoms with Gasteiger partial charge in [0.05, 0.1) is 10.3 Å². The van der Waals surface area contributed by atoms with Gasteiger partial charge >= 0.3 is 0 Å². The number of nitrogens with one attached hydrogen (secondary N) is 1. The van der Waals surface area contributed by atoms with Crippen molar-refractivity contribution in [3.05, 3.63) is 40.5 Å². The Hall–Kier alpha value is -2.87. The zero-order valence-electron chi connectivity index (χ0n) is 16.7. The average molecular weight is 423 g/mol. The second kappa shape index (κ2) is 6.84. The van der Waals surface area contributed by atoms with Crippen molar-refractivity contribution in [2.75, 3.05) is 18.7 Å². The number of aromatic nitrogens is 2.